The Labute approximate surface area is 167 Å². The normalized spacial score (nSPS) is 10.8. The number of pyridine rings is 1. The van der Waals surface area contributed by atoms with Crippen LogP contribution in [0.1, 0.15) is 15.9 Å². The Morgan fingerprint density at radius 2 is 1.79 bits per heavy atom. The molecule has 0 spiro atoms. The van der Waals surface area contributed by atoms with Crippen molar-refractivity contribution in [2.45, 2.75) is 6.61 Å². The van der Waals surface area contributed by atoms with Gasteiger partial charge in [0.25, 0.3) is 0 Å². The number of benzene rings is 3. The number of carbonyl (C=O) groups is 1. The third-order valence-corrected chi connectivity index (χ3v) is 4.63. The second-order valence-electron chi connectivity index (χ2n) is 6.35. The molecule has 0 amide bonds. The van der Waals surface area contributed by atoms with Crippen molar-refractivity contribution >= 4 is 28.5 Å². The second-order valence-corrected chi connectivity index (χ2v) is 6.79. The summed E-state index contributed by atoms with van der Waals surface area (Å²) in [5, 5.41) is 10.7. The first-order chi connectivity index (χ1) is 13.6. The van der Waals surface area contributed by atoms with Gasteiger partial charge < -0.3 is 9.84 Å². The molecule has 0 aliphatic carbocycles. The lowest BCUT2D eigenvalue weighted by Crippen LogP contribution is -2.00. The molecule has 1 heterocycles. The standard InChI is InChI=1S/C23H16ClNO3/c24-19-7-4-16(5-8-19)21-10-6-17-13-20(9-11-22(17)25-21)28-14-15-2-1-3-18(12-15)23(26)27/h1-13H,14H2,(H,26,27). The summed E-state index contributed by atoms with van der Waals surface area (Å²) in [5.74, 6) is -0.246. The van der Waals surface area contributed by atoms with E-state index in [0.29, 0.717) is 17.4 Å². The van der Waals surface area contributed by atoms with Crippen molar-refractivity contribution in [3.63, 3.8) is 0 Å². The monoisotopic (exact) mass is 389 g/mol. The molecule has 0 saturated carbocycles. The van der Waals surface area contributed by atoms with Crippen molar-refractivity contribution in [1.29, 1.82) is 0 Å². The third kappa shape index (κ3) is 3.97. The van der Waals surface area contributed by atoms with Crippen LogP contribution in [0.25, 0.3) is 22.2 Å². The van der Waals surface area contributed by atoms with Crippen molar-refractivity contribution in [1.82, 2.24) is 4.98 Å². The fourth-order valence-electron chi connectivity index (χ4n) is 2.94. The summed E-state index contributed by atoms with van der Waals surface area (Å²) in [5.41, 5.74) is 3.80. The van der Waals surface area contributed by atoms with Crippen molar-refractivity contribution in [3.05, 3.63) is 95.0 Å². The molecular weight excluding hydrogens is 374 g/mol. The van der Waals surface area contributed by atoms with E-state index in [4.69, 9.17) is 26.4 Å². The number of aromatic carboxylic acids is 1. The van der Waals surface area contributed by atoms with Gasteiger partial charge in [-0.25, -0.2) is 9.78 Å². The maximum absolute atomic E-state index is 11.1. The van der Waals surface area contributed by atoms with Gasteiger partial charge in [-0.1, -0.05) is 41.9 Å². The van der Waals surface area contributed by atoms with Crippen LogP contribution in [0.15, 0.2) is 78.9 Å². The predicted octanol–water partition coefficient (Wildman–Crippen LogP) is 5.83. The van der Waals surface area contributed by atoms with E-state index in [1.807, 2.05) is 60.7 Å². The maximum atomic E-state index is 11.1. The number of hydrogen-bond donors (Lipinski definition) is 1. The minimum atomic E-state index is -0.949. The molecule has 0 fully saturated rings. The number of carboxylic acids is 1. The third-order valence-electron chi connectivity index (χ3n) is 4.38. The Balaban J connectivity index is 1.53. The lowest BCUT2D eigenvalue weighted by molar-refractivity contribution is 0.0696. The van der Waals surface area contributed by atoms with Crippen LogP contribution >= 0.6 is 11.6 Å². The molecule has 0 aliphatic rings. The van der Waals surface area contributed by atoms with Crippen LogP contribution in [0.4, 0.5) is 0 Å². The summed E-state index contributed by atoms with van der Waals surface area (Å²) in [4.78, 5) is 15.8. The largest absolute Gasteiger partial charge is 0.489 e. The van der Waals surface area contributed by atoms with Crippen LogP contribution < -0.4 is 4.74 Å². The molecule has 138 valence electrons. The highest BCUT2D eigenvalue weighted by atomic mass is 35.5. The van der Waals surface area contributed by atoms with E-state index in [-0.39, 0.29) is 5.56 Å². The lowest BCUT2D eigenvalue weighted by Gasteiger charge is -2.09. The van der Waals surface area contributed by atoms with Crippen LogP contribution in [0.5, 0.6) is 5.75 Å². The van der Waals surface area contributed by atoms with Gasteiger partial charge in [0.05, 0.1) is 16.8 Å². The molecule has 0 atom stereocenters. The first-order valence-electron chi connectivity index (χ1n) is 8.70. The average molecular weight is 390 g/mol. The van der Waals surface area contributed by atoms with Gasteiger partial charge in [-0.15, -0.1) is 0 Å². The van der Waals surface area contributed by atoms with Gasteiger partial charge in [-0.05, 0) is 54.1 Å². The van der Waals surface area contributed by atoms with Gasteiger partial charge in [-0.3, -0.25) is 0 Å². The van der Waals surface area contributed by atoms with E-state index in [9.17, 15) is 4.79 Å². The zero-order valence-electron chi connectivity index (χ0n) is 14.8. The Morgan fingerprint density at radius 3 is 2.57 bits per heavy atom. The van der Waals surface area contributed by atoms with E-state index in [0.717, 1.165) is 27.7 Å². The SMILES string of the molecule is O=C(O)c1cccc(COc2ccc3nc(-c4ccc(Cl)cc4)ccc3c2)c1. The van der Waals surface area contributed by atoms with Crippen molar-refractivity contribution in [2.75, 3.05) is 0 Å². The van der Waals surface area contributed by atoms with Crippen LogP contribution in [0.3, 0.4) is 0 Å². The molecule has 4 rings (SSSR count). The van der Waals surface area contributed by atoms with E-state index in [1.165, 1.54) is 0 Å². The van der Waals surface area contributed by atoms with Crippen molar-refractivity contribution < 1.29 is 14.6 Å². The number of nitrogens with zero attached hydrogens (tertiary/aromatic N) is 1. The molecule has 0 radical (unpaired) electrons. The molecule has 0 saturated heterocycles. The summed E-state index contributed by atoms with van der Waals surface area (Å²) >= 11 is 5.95. The smallest absolute Gasteiger partial charge is 0.335 e. The summed E-state index contributed by atoms with van der Waals surface area (Å²) in [6.07, 6.45) is 0. The van der Waals surface area contributed by atoms with E-state index >= 15 is 0 Å². The van der Waals surface area contributed by atoms with Gasteiger partial charge in [0, 0.05) is 16.0 Å². The molecule has 1 N–H and O–H groups in total. The van der Waals surface area contributed by atoms with E-state index < -0.39 is 5.97 Å². The minimum Gasteiger partial charge on any atom is -0.489 e. The van der Waals surface area contributed by atoms with Gasteiger partial charge in [0.15, 0.2) is 0 Å². The van der Waals surface area contributed by atoms with Gasteiger partial charge >= 0.3 is 5.97 Å². The number of ether oxygens (including phenoxy) is 1. The zero-order chi connectivity index (χ0) is 19.5. The Hall–Kier alpha value is -3.37. The lowest BCUT2D eigenvalue weighted by atomic mass is 10.1. The number of rotatable bonds is 5. The van der Waals surface area contributed by atoms with Gasteiger partial charge in [0.2, 0.25) is 0 Å². The predicted molar refractivity (Wildman–Crippen MR) is 110 cm³/mol. The van der Waals surface area contributed by atoms with E-state index in [2.05, 4.69) is 0 Å². The van der Waals surface area contributed by atoms with Crippen LogP contribution in [0.2, 0.25) is 5.02 Å². The van der Waals surface area contributed by atoms with E-state index in [1.54, 1.807) is 18.2 Å². The summed E-state index contributed by atoms with van der Waals surface area (Å²) < 4.78 is 5.83. The molecule has 5 heteroatoms. The first kappa shape index (κ1) is 18.0. The van der Waals surface area contributed by atoms with Crippen LogP contribution in [-0.2, 0) is 6.61 Å². The first-order valence-corrected chi connectivity index (χ1v) is 9.08. The summed E-state index contributed by atoms with van der Waals surface area (Å²) in [6, 6.07) is 24.0. The maximum Gasteiger partial charge on any atom is 0.335 e. The molecule has 3 aromatic carbocycles. The Kier molecular flexibility index (Phi) is 4.96. The quantitative estimate of drug-likeness (QED) is 0.466. The van der Waals surface area contributed by atoms with Gasteiger partial charge in [-0.2, -0.15) is 0 Å². The second kappa shape index (κ2) is 7.71. The molecular formula is C23H16ClNO3. The molecule has 4 nitrogen and oxygen atoms in total. The van der Waals surface area contributed by atoms with Crippen molar-refractivity contribution in [2.24, 2.45) is 0 Å². The summed E-state index contributed by atoms with van der Waals surface area (Å²) in [7, 11) is 0. The average Bonchev–Trinajstić information content (AvgIpc) is 2.72. The number of hydrogen-bond acceptors (Lipinski definition) is 3. The number of carboxylic acid groups (broad SMARTS) is 1. The number of fused-ring (bicyclic) bond motifs is 1. The van der Waals surface area contributed by atoms with Crippen LogP contribution in [-0.4, -0.2) is 16.1 Å². The molecule has 1 aromatic heterocycles. The fourth-order valence-corrected chi connectivity index (χ4v) is 3.06. The van der Waals surface area contributed by atoms with Crippen molar-refractivity contribution in [3.8, 4) is 17.0 Å². The molecule has 28 heavy (non-hydrogen) atoms. The highest BCUT2D eigenvalue weighted by molar-refractivity contribution is 6.30. The zero-order valence-corrected chi connectivity index (χ0v) is 15.6. The Morgan fingerprint density at radius 1 is 0.964 bits per heavy atom. The minimum absolute atomic E-state index is 0.249. The fraction of sp³-hybridized carbons (Fsp3) is 0.0435. The number of halogens is 1. The number of aromatic nitrogens is 1. The van der Waals surface area contributed by atoms with Crippen LogP contribution in [0, 0.1) is 0 Å². The topological polar surface area (TPSA) is 59.4 Å². The molecule has 4 aromatic rings. The highest BCUT2D eigenvalue weighted by Gasteiger charge is 2.06. The molecule has 0 bridgehead atoms. The highest BCUT2D eigenvalue weighted by Crippen LogP contribution is 2.25. The Bertz CT molecular complexity index is 1160. The summed E-state index contributed by atoms with van der Waals surface area (Å²) in [6.45, 7) is 0.295. The molecule has 0 aliphatic heterocycles. The van der Waals surface area contributed by atoms with Gasteiger partial charge in [0.1, 0.15) is 12.4 Å². The molecule has 0 unspecified atom stereocenters.